The van der Waals surface area contributed by atoms with Crippen molar-refractivity contribution in [2.24, 2.45) is 0 Å². The molecule has 2 aromatic heterocycles. The Bertz CT molecular complexity index is 1050. The number of allylic oxidation sites excluding steroid dienone is 4. The molecular weight excluding hydrogens is 553 g/mol. The van der Waals surface area contributed by atoms with Crippen LogP contribution in [0.4, 0.5) is 0 Å². The molecule has 0 unspecified atom stereocenters. The summed E-state index contributed by atoms with van der Waals surface area (Å²) in [5.74, 6) is 0. The predicted octanol–water partition coefficient (Wildman–Crippen LogP) is 13.2. The average Bonchev–Trinajstić information content (AvgIpc) is 3.64. The molecule has 0 saturated heterocycles. The van der Waals surface area contributed by atoms with Crippen LogP contribution >= 0.6 is 69.7 Å². The molecule has 192 valence electrons. The number of hydrogen-bond acceptors (Lipinski definition) is 6. The Hall–Kier alpha value is -0.500. The Morgan fingerprint density at radius 2 is 0.778 bits per heavy atom. The van der Waals surface area contributed by atoms with E-state index < -0.39 is 0 Å². The molecule has 0 bridgehead atoms. The summed E-state index contributed by atoms with van der Waals surface area (Å²) in [5.41, 5.74) is 0. The molecule has 0 nitrogen and oxygen atoms in total. The third-order valence-electron chi connectivity index (χ3n) is 5.65. The number of thioether (sulfide) groups is 4. The second-order valence-electron chi connectivity index (χ2n) is 8.84. The van der Waals surface area contributed by atoms with Gasteiger partial charge in [-0.05, 0) is 74.3 Å². The van der Waals surface area contributed by atoms with Gasteiger partial charge in [0.1, 0.15) is 0 Å². The van der Waals surface area contributed by atoms with Gasteiger partial charge in [-0.25, -0.2) is 0 Å². The molecule has 2 aromatic rings. The van der Waals surface area contributed by atoms with E-state index in [0.717, 1.165) is 0 Å². The Kier molecular flexibility index (Phi) is 11.6. The normalized spacial score (nSPS) is 16.3. The Balaban J connectivity index is 1.36. The van der Waals surface area contributed by atoms with Crippen LogP contribution in [0.3, 0.4) is 0 Å². The minimum Gasteiger partial charge on any atom is -0.136 e. The highest BCUT2D eigenvalue weighted by Crippen LogP contribution is 2.54. The summed E-state index contributed by atoms with van der Waals surface area (Å²) in [4.78, 5) is 11.7. The molecule has 6 heteroatoms. The standard InChI is InChI=1S/C30H36S6/c1-5-9-25-26(10-6-2)34-29(33-25)19-23-17-15-21(31-23)13-14-22-16-18-24(32-22)20-30-35-27(11-7-3)28(36-30)12-8-4/h13-20H,5-12H2,1-4H3/b14-13+. The fraction of sp³-hybridized carbons (Fsp3) is 0.400. The highest BCUT2D eigenvalue weighted by Gasteiger charge is 2.21. The van der Waals surface area contributed by atoms with E-state index in [4.69, 9.17) is 0 Å². The summed E-state index contributed by atoms with van der Waals surface area (Å²) in [6.07, 6.45) is 19.1. The van der Waals surface area contributed by atoms with Crippen LogP contribution in [0.5, 0.6) is 0 Å². The molecule has 2 aliphatic rings. The number of thiophene rings is 2. The van der Waals surface area contributed by atoms with Crippen molar-refractivity contribution in [3.63, 3.8) is 0 Å². The third-order valence-corrected chi connectivity index (χ3v) is 13.0. The lowest BCUT2D eigenvalue weighted by molar-refractivity contribution is 0.905. The molecule has 0 atom stereocenters. The summed E-state index contributed by atoms with van der Waals surface area (Å²) in [6, 6.07) is 9.04. The van der Waals surface area contributed by atoms with Crippen LogP contribution in [0.15, 0.2) is 52.4 Å². The average molecular weight is 589 g/mol. The van der Waals surface area contributed by atoms with Crippen molar-refractivity contribution in [3.8, 4) is 0 Å². The lowest BCUT2D eigenvalue weighted by atomic mass is 10.2. The van der Waals surface area contributed by atoms with E-state index >= 15 is 0 Å². The first-order chi connectivity index (χ1) is 17.6. The van der Waals surface area contributed by atoms with Crippen LogP contribution in [0, 0.1) is 0 Å². The van der Waals surface area contributed by atoms with E-state index in [1.54, 1.807) is 19.6 Å². The van der Waals surface area contributed by atoms with Crippen LogP contribution in [-0.2, 0) is 0 Å². The molecule has 0 N–H and O–H groups in total. The van der Waals surface area contributed by atoms with E-state index in [1.165, 1.54) is 79.3 Å². The zero-order valence-electron chi connectivity index (χ0n) is 21.7. The van der Waals surface area contributed by atoms with Gasteiger partial charge >= 0.3 is 0 Å². The van der Waals surface area contributed by atoms with Gasteiger partial charge in [0.05, 0.1) is 8.47 Å². The maximum Gasteiger partial charge on any atom is 0.0506 e. The van der Waals surface area contributed by atoms with Crippen molar-refractivity contribution in [3.05, 3.63) is 71.9 Å². The summed E-state index contributed by atoms with van der Waals surface area (Å²) in [5, 5.41) is 0. The van der Waals surface area contributed by atoms with Crippen LogP contribution < -0.4 is 0 Å². The van der Waals surface area contributed by atoms with Gasteiger partial charge in [-0.15, -0.1) is 22.7 Å². The highest BCUT2D eigenvalue weighted by molar-refractivity contribution is 8.29. The van der Waals surface area contributed by atoms with E-state index in [-0.39, 0.29) is 0 Å². The third kappa shape index (κ3) is 8.00. The second kappa shape index (κ2) is 14.6. The first kappa shape index (κ1) is 28.5. The Morgan fingerprint density at radius 3 is 1.08 bits per heavy atom. The van der Waals surface area contributed by atoms with Crippen LogP contribution in [0.1, 0.15) is 98.6 Å². The quantitative estimate of drug-likeness (QED) is 0.242. The largest absolute Gasteiger partial charge is 0.136 e. The van der Waals surface area contributed by atoms with Crippen molar-refractivity contribution >= 4 is 94.0 Å². The van der Waals surface area contributed by atoms with Crippen molar-refractivity contribution in [2.45, 2.75) is 79.1 Å². The first-order valence-corrected chi connectivity index (χ1v) is 18.0. The number of rotatable bonds is 12. The molecule has 0 radical (unpaired) electrons. The molecule has 4 rings (SSSR count). The van der Waals surface area contributed by atoms with E-state index in [1.807, 2.05) is 69.7 Å². The molecular formula is C30H36S6. The first-order valence-electron chi connectivity index (χ1n) is 13.1. The lowest BCUT2D eigenvalue weighted by Crippen LogP contribution is -1.78. The van der Waals surface area contributed by atoms with Crippen molar-refractivity contribution in [1.29, 1.82) is 0 Å². The molecule has 0 amide bonds. The molecule has 36 heavy (non-hydrogen) atoms. The molecule has 2 aliphatic heterocycles. The van der Waals surface area contributed by atoms with Gasteiger partial charge in [0, 0.05) is 39.1 Å². The minimum absolute atomic E-state index is 1.22. The Labute approximate surface area is 243 Å². The fourth-order valence-corrected chi connectivity index (χ4v) is 11.9. The summed E-state index contributed by atoms with van der Waals surface area (Å²) >= 11 is 11.8. The summed E-state index contributed by atoms with van der Waals surface area (Å²) < 4.78 is 2.88. The topological polar surface area (TPSA) is 0 Å². The zero-order chi connectivity index (χ0) is 25.3. The van der Waals surface area contributed by atoms with Gasteiger partial charge in [0.15, 0.2) is 0 Å². The van der Waals surface area contributed by atoms with Crippen LogP contribution in [0.2, 0.25) is 0 Å². The van der Waals surface area contributed by atoms with Crippen molar-refractivity contribution in [2.75, 3.05) is 0 Å². The van der Waals surface area contributed by atoms with Crippen LogP contribution in [0.25, 0.3) is 24.3 Å². The molecule has 0 aromatic carbocycles. The fourth-order valence-electron chi connectivity index (χ4n) is 4.01. The second-order valence-corrected chi connectivity index (χ2v) is 16.2. The van der Waals surface area contributed by atoms with E-state index in [2.05, 4.69) is 76.3 Å². The van der Waals surface area contributed by atoms with Gasteiger partial charge in [-0.3, -0.25) is 0 Å². The SMILES string of the molecule is CCCC1=C(CCC)SC(=Cc2ccc(/C=C/c3ccc(C=C4SC(CCC)=C(CCC)S4)s3)s2)S1. The van der Waals surface area contributed by atoms with Crippen molar-refractivity contribution < 1.29 is 0 Å². The minimum atomic E-state index is 1.22. The lowest BCUT2D eigenvalue weighted by Gasteiger charge is -2.00. The van der Waals surface area contributed by atoms with Gasteiger partial charge in [-0.1, -0.05) is 100 Å². The number of hydrogen-bond donors (Lipinski definition) is 0. The molecule has 0 fully saturated rings. The Morgan fingerprint density at radius 1 is 0.472 bits per heavy atom. The maximum absolute atomic E-state index is 2.38. The molecule has 0 spiro atoms. The predicted molar refractivity (Wildman–Crippen MR) is 178 cm³/mol. The van der Waals surface area contributed by atoms with Gasteiger partial charge in [0.25, 0.3) is 0 Å². The van der Waals surface area contributed by atoms with E-state index in [9.17, 15) is 0 Å². The van der Waals surface area contributed by atoms with E-state index in [0.29, 0.717) is 0 Å². The van der Waals surface area contributed by atoms with Gasteiger partial charge < -0.3 is 0 Å². The van der Waals surface area contributed by atoms with Gasteiger partial charge in [0.2, 0.25) is 0 Å². The van der Waals surface area contributed by atoms with Crippen LogP contribution in [-0.4, -0.2) is 0 Å². The smallest absolute Gasteiger partial charge is 0.0506 e. The molecule has 0 saturated carbocycles. The monoisotopic (exact) mass is 588 g/mol. The highest BCUT2D eigenvalue weighted by atomic mass is 32.2. The molecule has 4 heterocycles. The summed E-state index contributed by atoms with van der Waals surface area (Å²) in [6.45, 7) is 9.13. The maximum atomic E-state index is 2.38. The zero-order valence-corrected chi connectivity index (χ0v) is 26.6. The van der Waals surface area contributed by atoms with Crippen molar-refractivity contribution in [1.82, 2.24) is 0 Å². The summed E-state index contributed by atoms with van der Waals surface area (Å²) in [7, 11) is 0. The van der Waals surface area contributed by atoms with Gasteiger partial charge in [-0.2, -0.15) is 0 Å². The molecule has 0 aliphatic carbocycles.